The van der Waals surface area contributed by atoms with Crippen LogP contribution in [0.2, 0.25) is 0 Å². The third-order valence-corrected chi connectivity index (χ3v) is 5.07. The lowest BCUT2D eigenvalue weighted by atomic mass is 10.1. The molecule has 1 atom stereocenters. The van der Waals surface area contributed by atoms with Crippen LogP contribution in [0, 0.1) is 5.82 Å². The lowest BCUT2D eigenvalue weighted by molar-refractivity contribution is -0.119. The standard InChI is InChI=1S/C22H30FN3O6/c1-14(27)24-12-17-13-26(21(29)31-17)15-5-6-19(18(23)11-15)30-16-7-9-25(10-8-16)20(28)32-22(2,3)4/h5-6,11,16-17H,7-10,12-13H2,1-4H3,(H,24,27). The summed E-state index contributed by atoms with van der Waals surface area (Å²) < 4.78 is 31.1. The largest absolute Gasteiger partial charge is 0.487 e. The average Bonchev–Trinajstić information content (AvgIpc) is 3.08. The summed E-state index contributed by atoms with van der Waals surface area (Å²) in [6.45, 7) is 8.17. The van der Waals surface area contributed by atoms with Crippen LogP contribution in [0.5, 0.6) is 5.75 Å². The highest BCUT2D eigenvalue weighted by atomic mass is 19.1. The average molecular weight is 451 g/mol. The summed E-state index contributed by atoms with van der Waals surface area (Å²) in [5, 5.41) is 2.60. The van der Waals surface area contributed by atoms with Gasteiger partial charge in [0.25, 0.3) is 0 Å². The van der Waals surface area contributed by atoms with Crippen molar-refractivity contribution in [3.8, 4) is 5.75 Å². The van der Waals surface area contributed by atoms with Gasteiger partial charge >= 0.3 is 12.2 Å². The highest BCUT2D eigenvalue weighted by Crippen LogP contribution is 2.29. The fraction of sp³-hybridized carbons (Fsp3) is 0.591. The lowest BCUT2D eigenvalue weighted by Crippen LogP contribution is -2.44. The van der Waals surface area contributed by atoms with Gasteiger partial charge in [-0.15, -0.1) is 0 Å². The molecule has 2 aliphatic rings. The van der Waals surface area contributed by atoms with Crippen LogP contribution in [0.4, 0.5) is 19.7 Å². The summed E-state index contributed by atoms with van der Waals surface area (Å²) in [6, 6.07) is 4.31. The van der Waals surface area contributed by atoms with Crippen molar-refractivity contribution < 1.29 is 33.0 Å². The number of hydrogen-bond donors (Lipinski definition) is 1. The number of amides is 3. The minimum absolute atomic E-state index is 0.0897. The van der Waals surface area contributed by atoms with Crippen molar-refractivity contribution in [2.45, 2.75) is 58.3 Å². The third-order valence-electron chi connectivity index (χ3n) is 5.07. The second kappa shape index (κ2) is 9.62. The number of anilines is 1. The maximum Gasteiger partial charge on any atom is 0.414 e. The van der Waals surface area contributed by atoms with Gasteiger partial charge in [0.15, 0.2) is 11.6 Å². The molecular weight excluding hydrogens is 421 g/mol. The Kier molecular flexibility index (Phi) is 7.10. The van der Waals surface area contributed by atoms with Crippen LogP contribution in [0.3, 0.4) is 0 Å². The number of nitrogens with one attached hydrogen (secondary N) is 1. The molecule has 3 rings (SSSR count). The van der Waals surface area contributed by atoms with Crippen molar-refractivity contribution in [1.82, 2.24) is 10.2 Å². The molecule has 1 N–H and O–H groups in total. The van der Waals surface area contributed by atoms with Gasteiger partial charge in [-0.05, 0) is 32.9 Å². The Hall–Kier alpha value is -3.04. The number of carbonyl (C=O) groups is 3. The minimum Gasteiger partial charge on any atom is -0.487 e. The van der Waals surface area contributed by atoms with Crippen molar-refractivity contribution >= 4 is 23.8 Å². The second-order valence-corrected chi connectivity index (χ2v) is 8.95. The zero-order valence-corrected chi connectivity index (χ0v) is 18.9. The topological polar surface area (TPSA) is 97.4 Å². The van der Waals surface area contributed by atoms with E-state index in [0.717, 1.165) is 0 Å². The minimum atomic E-state index is -0.595. The first-order valence-corrected chi connectivity index (χ1v) is 10.7. The van der Waals surface area contributed by atoms with Crippen LogP contribution in [-0.4, -0.2) is 67.0 Å². The number of nitrogens with zero attached hydrogens (tertiary/aromatic N) is 2. The van der Waals surface area contributed by atoms with Gasteiger partial charge in [-0.2, -0.15) is 0 Å². The predicted molar refractivity (Wildman–Crippen MR) is 114 cm³/mol. The summed E-state index contributed by atoms with van der Waals surface area (Å²) in [5.74, 6) is -0.717. The number of hydrogen-bond acceptors (Lipinski definition) is 6. The number of likely N-dealkylation sites (tertiary alicyclic amines) is 1. The van der Waals surface area contributed by atoms with Crippen LogP contribution >= 0.6 is 0 Å². The van der Waals surface area contributed by atoms with E-state index < -0.39 is 23.6 Å². The molecule has 176 valence electrons. The zero-order chi connectivity index (χ0) is 23.5. The lowest BCUT2D eigenvalue weighted by Gasteiger charge is -2.33. The predicted octanol–water partition coefficient (Wildman–Crippen LogP) is 3.07. The summed E-state index contributed by atoms with van der Waals surface area (Å²) >= 11 is 0. The molecule has 0 saturated carbocycles. The van der Waals surface area contributed by atoms with Crippen LogP contribution in [-0.2, 0) is 14.3 Å². The number of benzene rings is 1. The van der Waals surface area contributed by atoms with E-state index in [0.29, 0.717) is 31.6 Å². The molecule has 2 heterocycles. The maximum absolute atomic E-state index is 14.7. The van der Waals surface area contributed by atoms with E-state index >= 15 is 0 Å². The van der Waals surface area contributed by atoms with Crippen LogP contribution < -0.4 is 15.0 Å². The van der Waals surface area contributed by atoms with Crippen LogP contribution in [0.15, 0.2) is 18.2 Å². The first-order valence-electron chi connectivity index (χ1n) is 10.7. The van der Waals surface area contributed by atoms with E-state index in [-0.39, 0.29) is 36.9 Å². The van der Waals surface area contributed by atoms with E-state index in [1.807, 2.05) is 20.8 Å². The van der Waals surface area contributed by atoms with Gasteiger partial charge in [0.1, 0.15) is 17.8 Å². The molecular formula is C22H30FN3O6. The Balaban J connectivity index is 1.54. The number of carbonyl (C=O) groups excluding carboxylic acids is 3. The fourth-order valence-electron chi connectivity index (χ4n) is 3.51. The molecule has 10 heteroatoms. The summed E-state index contributed by atoms with van der Waals surface area (Å²) in [7, 11) is 0. The third kappa shape index (κ3) is 6.24. The number of ether oxygens (including phenoxy) is 3. The highest BCUT2D eigenvalue weighted by molar-refractivity contribution is 5.90. The van der Waals surface area contributed by atoms with E-state index in [1.54, 1.807) is 11.0 Å². The molecule has 0 aliphatic carbocycles. The fourth-order valence-corrected chi connectivity index (χ4v) is 3.51. The SMILES string of the molecule is CC(=O)NCC1CN(c2ccc(OC3CCN(C(=O)OC(C)(C)C)CC3)c(F)c2)C(=O)O1. The Morgan fingerprint density at radius 1 is 1.25 bits per heavy atom. The van der Waals surface area contributed by atoms with Gasteiger partial charge in [-0.3, -0.25) is 9.69 Å². The van der Waals surface area contributed by atoms with E-state index in [1.165, 1.54) is 24.0 Å². The zero-order valence-electron chi connectivity index (χ0n) is 18.9. The molecule has 0 spiro atoms. The van der Waals surface area contributed by atoms with Crippen LogP contribution in [0.25, 0.3) is 0 Å². The van der Waals surface area contributed by atoms with Crippen LogP contribution in [0.1, 0.15) is 40.5 Å². The normalized spacial score (nSPS) is 19.5. The summed E-state index contributed by atoms with van der Waals surface area (Å²) in [5.41, 5.74) is -0.203. The molecule has 9 nitrogen and oxygen atoms in total. The molecule has 1 aromatic rings. The number of halogens is 1. The number of rotatable bonds is 5. The first kappa shape index (κ1) is 23.6. The van der Waals surface area contributed by atoms with Crippen molar-refractivity contribution in [2.75, 3.05) is 31.1 Å². The molecule has 2 saturated heterocycles. The Morgan fingerprint density at radius 3 is 2.53 bits per heavy atom. The van der Waals surface area contributed by atoms with Crippen molar-refractivity contribution in [2.24, 2.45) is 0 Å². The Bertz CT molecular complexity index is 864. The smallest absolute Gasteiger partial charge is 0.414 e. The summed E-state index contributed by atoms with van der Waals surface area (Å²) in [6.07, 6.45) is -0.565. The van der Waals surface area contributed by atoms with Gasteiger partial charge in [-0.25, -0.2) is 14.0 Å². The molecule has 1 unspecified atom stereocenters. The first-order chi connectivity index (χ1) is 15.0. The Morgan fingerprint density at radius 2 is 1.94 bits per heavy atom. The molecule has 1 aromatic carbocycles. The van der Waals surface area contributed by atoms with Gasteiger partial charge in [-0.1, -0.05) is 0 Å². The van der Waals surface area contributed by atoms with E-state index in [9.17, 15) is 18.8 Å². The second-order valence-electron chi connectivity index (χ2n) is 8.95. The summed E-state index contributed by atoms with van der Waals surface area (Å²) in [4.78, 5) is 38.2. The molecule has 0 aromatic heterocycles. The van der Waals surface area contributed by atoms with E-state index in [2.05, 4.69) is 5.32 Å². The maximum atomic E-state index is 14.7. The van der Waals surface area contributed by atoms with Gasteiger partial charge < -0.3 is 24.4 Å². The van der Waals surface area contributed by atoms with Crippen molar-refractivity contribution in [1.29, 1.82) is 0 Å². The van der Waals surface area contributed by atoms with Crippen molar-refractivity contribution in [3.05, 3.63) is 24.0 Å². The molecule has 0 bridgehead atoms. The molecule has 2 aliphatic heterocycles. The Labute approximate surface area is 186 Å². The van der Waals surface area contributed by atoms with Gasteiger partial charge in [0.05, 0.1) is 18.8 Å². The number of cyclic esters (lactones) is 1. The molecule has 2 fully saturated rings. The molecule has 32 heavy (non-hydrogen) atoms. The number of piperidine rings is 1. The van der Waals surface area contributed by atoms with Gasteiger partial charge in [0.2, 0.25) is 5.91 Å². The molecule has 0 radical (unpaired) electrons. The molecule has 3 amide bonds. The van der Waals surface area contributed by atoms with Crippen molar-refractivity contribution in [3.63, 3.8) is 0 Å². The monoisotopic (exact) mass is 451 g/mol. The van der Waals surface area contributed by atoms with E-state index in [4.69, 9.17) is 14.2 Å². The van der Waals surface area contributed by atoms with Gasteiger partial charge in [0, 0.05) is 38.9 Å². The highest BCUT2D eigenvalue weighted by Gasteiger charge is 2.33. The quantitative estimate of drug-likeness (QED) is 0.739.